The fourth-order valence-electron chi connectivity index (χ4n) is 4.16. The van der Waals surface area contributed by atoms with E-state index in [4.69, 9.17) is 14.5 Å². The second-order valence-electron chi connectivity index (χ2n) is 8.49. The Morgan fingerprint density at radius 2 is 1.88 bits per heavy atom. The van der Waals surface area contributed by atoms with Crippen LogP contribution in [0.1, 0.15) is 30.3 Å². The van der Waals surface area contributed by atoms with E-state index < -0.39 is 0 Å². The third kappa shape index (κ3) is 6.72. The molecule has 0 bridgehead atoms. The highest BCUT2D eigenvalue weighted by Gasteiger charge is 2.16. The van der Waals surface area contributed by atoms with E-state index in [0.29, 0.717) is 26.0 Å². The Bertz CT molecular complexity index is 1100. The Morgan fingerprint density at radius 1 is 1.09 bits per heavy atom. The van der Waals surface area contributed by atoms with Gasteiger partial charge in [0.1, 0.15) is 17.3 Å². The summed E-state index contributed by atoms with van der Waals surface area (Å²) in [5, 5.41) is 0. The van der Waals surface area contributed by atoms with Crippen LogP contribution in [0.4, 0.5) is 4.39 Å². The van der Waals surface area contributed by atoms with Gasteiger partial charge >= 0.3 is 0 Å². The molecule has 1 saturated heterocycles. The molecule has 0 radical (unpaired) electrons. The molecule has 34 heavy (non-hydrogen) atoms. The van der Waals surface area contributed by atoms with Crippen LogP contribution in [0.2, 0.25) is 0 Å². The summed E-state index contributed by atoms with van der Waals surface area (Å²) in [4.78, 5) is 19.9. The number of rotatable bonds is 10. The van der Waals surface area contributed by atoms with Gasteiger partial charge in [-0.1, -0.05) is 30.3 Å². The number of nitrogens with zero attached hydrogens (tertiary/aromatic N) is 2. The van der Waals surface area contributed by atoms with Gasteiger partial charge in [-0.05, 0) is 54.8 Å². The number of pyridine rings is 1. The zero-order valence-electron chi connectivity index (χ0n) is 19.6. The second kappa shape index (κ2) is 11.9. The number of morpholine rings is 1. The summed E-state index contributed by atoms with van der Waals surface area (Å²) in [6.45, 7) is 6.47. The lowest BCUT2D eigenvalue weighted by atomic mass is 10.0. The van der Waals surface area contributed by atoms with Crippen LogP contribution in [0.25, 0.3) is 11.1 Å². The number of halogens is 1. The number of ketones is 1. The Labute approximate surface area is 200 Å². The van der Waals surface area contributed by atoms with E-state index >= 15 is 0 Å². The number of benzene rings is 2. The molecular formula is C28H31FN2O3. The average molecular weight is 463 g/mol. The van der Waals surface area contributed by atoms with Crippen molar-refractivity contribution >= 4 is 5.78 Å². The lowest BCUT2D eigenvalue weighted by Gasteiger charge is -2.27. The SMILES string of the molecule is CCOc1ccc(-c2ccc(CC(=O)CCc3cccc(F)c3)nc2CN2CCOCC2)cc1. The molecule has 2 heterocycles. The molecule has 0 atom stereocenters. The lowest BCUT2D eigenvalue weighted by molar-refractivity contribution is -0.118. The Balaban J connectivity index is 1.50. The first-order chi connectivity index (χ1) is 16.6. The quantitative estimate of drug-likeness (QED) is 0.431. The topological polar surface area (TPSA) is 51.7 Å². The van der Waals surface area contributed by atoms with E-state index in [1.54, 1.807) is 6.07 Å². The van der Waals surface area contributed by atoms with Crippen molar-refractivity contribution in [3.63, 3.8) is 0 Å². The molecule has 178 valence electrons. The van der Waals surface area contributed by atoms with Crippen LogP contribution < -0.4 is 4.74 Å². The van der Waals surface area contributed by atoms with Gasteiger partial charge in [-0.2, -0.15) is 0 Å². The summed E-state index contributed by atoms with van der Waals surface area (Å²) in [5.41, 5.74) is 4.69. The minimum atomic E-state index is -0.274. The number of ether oxygens (including phenoxy) is 2. The maximum absolute atomic E-state index is 13.4. The van der Waals surface area contributed by atoms with Gasteiger partial charge in [-0.3, -0.25) is 14.7 Å². The van der Waals surface area contributed by atoms with Crippen LogP contribution in [0.15, 0.2) is 60.7 Å². The van der Waals surface area contributed by atoms with Gasteiger partial charge in [0.2, 0.25) is 0 Å². The van der Waals surface area contributed by atoms with Gasteiger partial charge in [0.25, 0.3) is 0 Å². The maximum Gasteiger partial charge on any atom is 0.139 e. The second-order valence-corrected chi connectivity index (χ2v) is 8.49. The Hall–Kier alpha value is -3.09. The highest BCUT2D eigenvalue weighted by Crippen LogP contribution is 2.27. The molecule has 0 amide bonds. The number of carbonyl (C=O) groups is 1. The normalized spacial score (nSPS) is 14.2. The number of hydrogen-bond acceptors (Lipinski definition) is 5. The zero-order valence-corrected chi connectivity index (χ0v) is 19.6. The van der Waals surface area contributed by atoms with E-state index in [1.165, 1.54) is 12.1 Å². The molecule has 0 aliphatic carbocycles. The molecule has 6 heteroatoms. The molecule has 1 fully saturated rings. The molecule has 4 rings (SSSR count). The number of hydrogen-bond donors (Lipinski definition) is 0. The largest absolute Gasteiger partial charge is 0.494 e. The van der Waals surface area contributed by atoms with Crippen molar-refractivity contribution in [2.24, 2.45) is 0 Å². The fourth-order valence-corrected chi connectivity index (χ4v) is 4.16. The van der Waals surface area contributed by atoms with E-state index in [1.807, 2.05) is 31.2 Å². The predicted octanol–water partition coefficient (Wildman–Crippen LogP) is 4.86. The van der Waals surface area contributed by atoms with E-state index in [2.05, 4.69) is 23.1 Å². The van der Waals surface area contributed by atoms with E-state index in [9.17, 15) is 9.18 Å². The number of carbonyl (C=O) groups excluding carboxylic acids is 1. The summed E-state index contributed by atoms with van der Waals surface area (Å²) in [6.07, 6.45) is 1.17. The minimum absolute atomic E-state index is 0.0999. The standard InChI is InChI=1S/C28H31FN2O3/c1-2-34-26-11-7-22(8-12-26)27-13-9-24(30-28(27)20-31-14-16-33-17-15-31)19-25(32)10-6-21-4-3-5-23(29)18-21/h3-5,7-9,11-13,18H,2,6,10,14-17,19-20H2,1H3. The van der Waals surface area contributed by atoms with Crippen molar-refractivity contribution in [3.8, 4) is 16.9 Å². The van der Waals surface area contributed by atoms with Crippen LogP contribution in [0.3, 0.4) is 0 Å². The molecule has 0 saturated carbocycles. The molecule has 0 N–H and O–H groups in total. The Kier molecular flexibility index (Phi) is 8.39. The summed E-state index contributed by atoms with van der Waals surface area (Å²) in [5.74, 6) is 0.668. The van der Waals surface area contributed by atoms with Gasteiger partial charge in [0.15, 0.2) is 0 Å². The van der Waals surface area contributed by atoms with Crippen LogP contribution in [0.5, 0.6) is 5.75 Å². The van der Waals surface area contributed by atoms with Crippen molar-refractivity contribution in [2.45, 2.75) is 32.7 Å². The van der Waals surface area contributed by atoms with E-state index in [-0.39, 0.29) is 18.0 Å². The van der Waals surface area contributed by atoms with E-state index in [0.717, 1.165) is 60.1 Å². The molecule has 0 spiro atoms. The fraction of sp³-hybridized carbons (Fsp3) is 0.357. The van der Waals surface area contributed by atoms with Gasteiger partial charge in [0, 0.05) is 43.7 Å². The molecule has 3 aromatic rings. The number of aryl methyl sites for hydroxylation is 1. The third-order valence-electron chi connectivity index (χ3n) is 5.95. The molecule has 5 nitrogen and oxygen atoms in total. The van der Waals surface area contributed by atoms with Gasteiger partial charge in [-0.25, -0.2) is 4.39 Å². The van der Waals surface area contributed by atoms with Crippen LogP contribution >= 0.6 is 0 Å². The third-order valence-corrected chi connectivity index (χ3v) is 5.95. The van der Waals surface area contributed by atoms with Crippen molar-refractivity contribution < 1.29 is 18.7 Å². The monoisotopic (exact) mass is 462 g/mol. The summed E-state index contributed by atoms with van der Waals surface area (Å²) in [7, 11) is 0. The van der Waals surface area contributed by atoms with Crippen LogP contribution in [0, 0.1) is 5.82 Å². The summed E-state index contributed by atoms with van der Waals surface area (Å²) in [6, 6.07) is 18.5. The molecule has 1 aliphatic heterocycles. The number of Topliss-reactive ketones (excluding diaryl/α,β-unsaturated/α-hetero) is 1. The Morgan fingerprint density at radius 3 is 2.62 bits per heavy atom. The first-order valence-corrected chi connectivity index (χ1v) is 11.9. The predicted molar refractivity (Wildman–Crippen MR) is 130 cm³/mol. The summed E-state index contributed by atoms with van der Waals surface area (Å²) >= 11 is 0. The zero-order chi connectivity index (χ0) is 23.8. The maximum atomic E-state index is 13.4. The first-order valence-electron chi connectivity index (χ1n) is 11.9. The molecule has 2 aromatic carbocycles. The highest BCUT2D eigenvalue weighted by molar-refractivity contribution is 5.81. The van der Waals surface area contributed by atoms with Crippen LogP contribution in [-0.4, -0.2) is 48.6 Å². The average Bonchev–Trinajstić information content (AvgIpc) is 2.85. The molecule has 0 unspecified atom stereocenters. The molecular weight excluding hydrogens is 431 g/mol. The highest BCUT2D eigenvalue weighted by atomic mass is 19.1. The van der Waals surface area contributed by atoms with Crippen molar-refractivity contribution in [1.29, 1.82) is 0 Å². The molecule has 1 aliphatic rings. The molecule has 1 aromatic heterocycles. The van der Waals surface area contributed by atoms with Gasteiger partial charge < -0.3 is 9.47 Å². The number of aromatic nitrogens is 1. The minimum Gasteiger partial charge on any atom is -0.494 e. The van der Waals surface area contributed by atoms with Crippen molar-refractivity contribution in [3.05, 3.63) is 83.4 Å². The van der Waals surface area contributed by atoms with Gasteiger partial charge in [-0.15, -0.1) is 0 Å². The first kappa shape index (κ1) is 24.0. The van der Waals surface area contributed by atoms with Crippen LogP contribution in [-0.2, 0) is 28.9 Å². The smallest absolute Gasteiger partial charge is 0.139 e. The lowest BCUT2D eigenvalue weighted by Crippen LogP contribution is -2.36. The summed E-state index contributed by atoms with van der Waals surface area (Å²) < 4.78 is 24.5. The van der Waals surface area contributed by atoms with Gasteiger partial charge in [0.05, 0.1) is 25.5 Å². The van der Waals surface area contributed by atoms with Crippen molar-refractivity contribution in [2.75, 3.05) is 32.9 Å². The van der Waals surface area contributed by atoms with Crippen molar-refractivity contribution in [1.82, 2.24) is 9.88 Å².